The van der Waals surface area contributed by atoms with Crippen molar-refractivity contribution in [2.45, 2.75) is 65.1 Å². The quantitative estimate of drug-likeness (QED) is 0.115. The Labute approximate surface area is 264 Å². The number of hydrogen-bond acceptors (Lipinski definition) is 10. The minimum Gasteiger partial charge on any atom is -0.397 e. The van der Waals surface area contributed by atoms with E-state index in [0.29, 0.717) is 18.3 Å². The Balaban J connectivity index is 0.000000482. The lowest BCUT2D eigenvalue weighted by atomic mass is 9.96. The molecule has 1 amide bonds. The molecule has 1 fully saturated rings. The average Bonchev–Trinajstić information content (AvgIpc) is 3.81. The third kappa shape index (κ3) is 10.6. The van der Waals surface area contributed by atoms with Gasteiger partial charge in [-0.1, -0.05) is 26.2 Å². The second kappa shape index (κ2) is 18.8. The van der Waals surface area contributed by atoms with Crippen LogP contribution in [0.4, 0.5) is 14.5 Å². The standard InChI is InChI=1S/C23H23F2N7O2S.C5H11NO.C2H6O/c1-34-13-31-10-14(9-26-31)23-28-18(12-35-23)22(33)27-17-11-32(15-5-3-2-4-6-15)30-21(17)20-16(24)7-8-19(25)29-20;1-2-3-6-4-5-7;1-2-3/h7-12,15H,2-6,13H2,1H3,(H,27,33);5-6H,2-4H2,1H3;3H,2H2,1H3. The molecule has 0 radical (unpaired) electrons. The molecule has 1 aliphatic carbocycles. The van der Waals surface area contributed by atoms with Gasteiger partial charge in [0.2, 0.25) is 5.95 Å². The normalized spacial score (nSPS) is 12.9. The highest BCUT2D eigenvalue weighted by molar-refractivity contribution is 7.13. The summed E-state index contributed by atoms with van der Waals surface area (Å²) in [4.78, 5) is 30.8. The molecular weight excluding hydrogens is 606 g/mol. The van der Waals surface area contributed by atoms with Crippen molar-refractivity contribution < 1.29 is 28.2 Å². The summed E-state index contributed by atoms with van der Waals surface area (Å²) < 4.78 is 36.8. The van der Waals surface area contributed by atoms with Crippen LogP contribution >= 0.6 is 11.3 Å². The number of aliphatic hydroxyl groups is 1. The molecule has 5 rings (SSSR count). The van der Waals surface area contributed by atoms with Crippen molar-refractivity contribution in [1.82, 2.24) is 34.8 Å². The van der Waals surface area contributed by atoms with Gasteiger partial charge in [0.25, 0.3) is 5.91 Å². The molecule has 4 aromatic rings. The number of rotatable bonds is 11. The molecule has 0 aromatic carbocycles. The number of ether oxygens (including phenoxy) is 1. The molecule has 15 heteroatoms. The van der Waals surface area contributed by atoms with Crippen LogP contribution in [-0.2, 0) is 16.3 Å². The van der Waals surface area contributed by atoms with Gasteiger partial charge < -0.3 is 25.3 Å². The molecule has 12 nitrogen and oxygen atoms in total. The van der Waals surface area contributed by atoms with Gasteiger partial charge in [-0.15, -0.1) is 11.3 Å². The largest absolute Gasteiger partial charge is 0.397 e. The molecule has 0 aliphatic heterocycles. The van der Waals surface area contributed by atoms with Crippen LogP contribution in [0.25, 0.3) is 22.0 Å². The molecule has 0 atom stereocenters. The number of hydrogen-bond donors (Lipinski definition) is 3. The van der Waals surface area contributed by atoms with Gasteiger partial charge in [-0.05, 0) is 44.9 Å². The first-order valence-corrected chi connectivity index (χ1v) is 15.7. The van der Waals surface area contributed by atoms with Gasteiger partial charge in [0.15, 0.2) is 5.82 Å². The Hall–Kier alpha value is -3.92. The molecule has 0 saturated heterocycles. The van der Waals surface area contributed by atoms with Crippen molar-refractivity contribution in [1.29, 1.82) is 0 Å². The number of nitrogens with one attached hydrogen (secondary N) is 2. The van der Waals surface area contributed by atoms with Gasteiger partial charge in [-0.25, -0.2) is 19.0 Å². The predicted octanol–water partition coefficient (Wildman–Crippen LogP) is 5.09. The van der Waals surface area contributed by atoms with E-state index in [-0.39, 0.29) is 35.4 Å². The SMILES string of the molecule is CCCNCC=O.CCO.COCn1cc(-c2nc(C(=O)Nc3cn(C4CCCCC4)nc3-c3nc(F)ccc3F)cs2)cn1. The average molecular weight is 647 g/mol. The number of carbonyl (C=O) groups excluding carboxylic acids is 2. The first-order chi connectivity index (χ1) is 21.8. The van der Waals surface area contributed by atoms with E-state index in [0.717, 1.165) is 69.1 Å². The van der Waals surface area contributed by atoms with Crippen LogP contribution in [0.5, 0.6) is 0 Å². The van der Waals surface area contributed by atoms with Gasteiger partial charge in [-0.3, -0.25) is 9.48 Å². The molecule has 3 N–H and O–H groups in total. The van der Waals surface area contributed by atoms with E-state index in [2.05, 4.69) is 37.7 Å². The number of aromatic nitrogens is 6. The van der Waals surface area contributed by atoms with Crippen molar-refractivity contribution in [3.8, 4) is 22.0 Å². The molecule has 0 spiro atoms. The zero-order valence-corrected chi connectivity index (χ0v) is 26.5. The van der Waals surface area contributed by atoms with Crippen molar-refractivity contribution in [3.63, 3.8) is 0 Å². The van der Waals surface area contributed by atoms with Gasteiger partial charge in [0.1, 0.15) is 35.1 Å². The van der Waals surface area contributed by atoms with Gasteiger partial charge >= 0.3 is 0 Å². The number of thiazole rings is 1. The fraction of sp³-hybridized carbons (Fsp3) is 0.467. The van der Waals surface area contributed by atoms with Crippen LogP contribution in [0.2, 0.25) is 0 Å². The van der Waals surface area contributed by atoms with E-state index >= 15 is 0 Å². The highest BCUT2D eigenvalue weighted by atomic mass is 32.1. The number of pyridine rings is 1. The van der Waals surface area contributed by atoms with Crippen LogP contribution in [0.3, 0.4) is 0 Å². The number of carbonyl (C=O) groups is 2. The maximum Gasteiger partial charge on any atom is 0.275 e. The number of anilines is 1. The molecule has 4 heterocycles. The zero-order chi connectivity index (χ0) is 32.6. The summed E-state index contributed by atoms with van der Waals surface area (Å²) in [7, 11) is 1.57. The number of methoxy groups -OCH3 is 1. The zero-order valence-electron chi connectivity index (χ0n) is 25.7. The fourth-order valence-corrected chi connectivity index (χ4v) is 5.26. The maximum atomic E-state index is 14.6. The number of amides is 1. The smallest absolute Gasteiger partial charge is 0.275 e. The third-order valence-corrected chi connectivity index (χ3v) is 7.39. The Kier molecular flexibility index (Phi) is 14.8. The summed E-state index contributed by atoms with van der Waals surface area (Å²) in [6, 6.07) is 2.07. The third-order valence-electron chi connectivity index (χ3n) is 6.50. The van der Waals surface area contributed by atoms with Crippen molar-refractivity contribution in [2.24, 2.45) is 0 Å². The van der Waals surface area contributed by atoms with Crippen LogP contribution in [0.15, 0.2) is 36.1 Å². The number of nitrogens with zero attached hydrogens (tertiary/aromatic N) is 6. The van der Waals surface area contributed by atoms with Crippen molar-refractivity contribution in [2.75, 3.05) is 32.1 Å². The molecule has 0 unspecified atom stereocenters. The topological polar surface area (TPSA) is 149 Å². The Morgan fingerprint density at radius 1 is 1.16 bits per heavy atom. The first-order valence-electron chi connectivity index (χ1n) is 14.8. The van der Waals surface area contributed by atoms with Gasteiger partial charge in [0, 0.05) is 37.1 Å². The molecule has 244 valence electrons. The molecule has 1 aliphatic rings. The summed E-state index contributed by atoms with van der Waals surface area (Å²) in [5, 5.41) is 24.2. The van der Waals surface area contributed by atoms with E-state index in [1.165, 1.54) is 11.3 Å². The summed E-state index contributed by atoms with van der Waals surface area (Å²) in [6.07, 6.45) is 12.2. The number of aldehydes is 1. The highest BCUT2D eigenvalue weighted by Gasteiger charge is 2.24. The first kappa shape index (κ1) is 35.6. The van der Waals surface area contributed by atoms with E-state index in [4.69, 9.17) is 9.84 Å². The molecular formula is C30H40F2N8O4S. The second-order valence-corrected chi connectivity index (χ2v) is 10.9. The summed E-state index contributed by atoms with van der Waals surface area (Å²) in [5.41, 5.74) is 1.02. The Morgan fingerprint density at radius 3 is 2.60 bits per heavy atom. The number of aliphatic hydroxyl groups excluding tert-OH is 1. The van der Waals surface area contributed by atoms with Crippen molar-refractivity contribution >= 4 is 29.2 Å². The van der Waals surface area contributed by atoms with Gasteiger partial charge in [-0.2, -0.15) is 14.6 Å². The lowest BCUT2D eigenvalue weighted by molar-refractivity contribution is -0.107. The van der Waals surface area contributed by atoms with Crippen molar-refractivity contribution in [3.05, 3.63) is 53.6 Å². The van der Waals surface area contributed by atoms with E-state index in [9.17, 15) is 18.4 Å². The fourth-order valence-electron chi connectivity index (χ4n) is 4.49. The number of halogens is 2. The van der Waals surface area contributed by atoms with E-state index in [1.54, 1.807) is 47.4 Å². The second-order valence-electron chi connectivity index (χ2n) is 9.99. The lowest BCUT2D eigenvalue weighted by Crippen LogP contribution is -2.16. The van der Waals surface area contributed by atoms with E-state index < -0.39 is 17.7 Å². The minimum absolute atomic E-state index is 0.0808. The van der Waals surface area contributed by atoms with E-state index in [1.807, 2.05) is 0 Å². The van der Waals surface area contributed by atoms with Crippen LogP contribution in [0, 0.1) is 11.8 Å². The molecule has 1 saturated carbocycles. The Morgan fingerprint density at radius 2 is 1.91 bits per heavy atom. The highest BCUT2D eigenvalue weighted by Crippen LogP contribution is 2.34. The Bertz CT molecular complexity index is 1490. The monoisotopic (exact) mass is 646 g/mol. The maximum absolute atomic E-state index is 14.6. The summed E-state index contributed by atoms with van der Waals surface area (Å²) >= 11 is 1.30. The van der Waals surface area contributed by atoms with Crippen LogP contribution < -0.4 is 10.6 Å². The predicted molar refractivity (Wildman–Crippen MR) is 168 cm³/mol. The minimum atomic E-state index is -0.830. The summed E-state index contributed by atoms with van der Waals surface area (Å²) in [5.74, 6) is -2.04. The lowest BCUT2D eigenvalue weighted by Gasteiger charge is -2.21. The van der Waals surface area contributed by atoms with Crippen LogP contribution in [0.1, 0.15) is 68.9 Å². The molecule has 0 bridgehead atoms. The van der Waals surface area contributed by atoms with Crippen LogP contribution in [-0.4, -0.2) is 73.6 Å². The molecule has 4 aromatic heterocycles. The molecule has 45 heavy (non-hydrogen) atoms. The summed E-state index contributed by atoms with van der Waals surface area (Å²) in [6.45, 7) is 5.74. The van der Waals surface area contributed by atoms with Gasteiger partial charge in [0.05, 0.1) is 24.5 Å².